The number of anilines is 1. The van der Waals surface area contributed by atoms with Gasteiger partial charge in [-0.1, -0.05) is 25.5 Å². The number of likely N-dealkylation sites (N-methyl/N-ethyl adjacent to an activating group) is 1. The van der Waals surface area contributed by atoms with Crippen LogP contribution < -0.4 is 10.1 Å². The summed E-state index contributed by atoms with van der Waals surface area (Å²) in [6, 6.07) is 5.53. The number of carbonyl (C=O) groups excluding carboxylic acids is 1. The third-order valence-corrected chi connectivity index (χ3v) is 7.26. The summed E-state index contributed by atoms with van der Waals surface area (Å²) in [5, 5.41) is 2.87. The number of nitrogens with one attached hydrogen (secondary N) is 1. The van der Waals surface area contributed by atoms with Crippen LogP contribution in [0.2, 0.25) is 0 Å². The molecule has 2 N–H and O–H groups in total. The third-order valence-electron chi connectivity index (χ3n) is 5.57. The minimum Gasteiger partial charge on any atom is -0.439 e. The Labute approximate surface area is 243 Å². The summed E-state index contributed by atoms with van der Waals surface area (Å²) in [4.78, 5) is 16.3. The van der Waals surface area contributed by atoms with E-state index in [2.05, 4.69) is 12.2 Å². The van der Waals surface area contributed by atoms with E-state index in [1.54, 1.807) is 17.1 Å². The molecule has 1 fully saturated rings. The number of benzene rings is 1. The standard InChI is InChI=1S/C22H29N3O5S2.K/c1-4-6-14-25-21(26)17(24(5-2)22(25)31)12-13-19-23-20-16(8-7-9-18(20)30-19)11-10-15(3)32(27,28)29;/h7-9,12-13,15,23H,4-6,10-11,14H2,1-3H3,(H,27,28,29);. The fourth-order valence-electron chi connectivity index (χ4n) is 3.59. The van der Waals surface area contributed by atoms with Gasteiger partial charge in [0, 0.05) is 70.6 Å². The molecule has 11 heteroatoms. The second kappa shape index (κ2) is 12.3. The Bertz CT molecular complexity index is 1070. The summed E-state index contributed by atoms with van der Waals surface area (Å²) in [6.45, 7) is 6.69. The van der Waals surface area contributed by atoms with Gasteiger partial charge in [0.15, 0.2) is 16.7 Å². The summed E-state index contributed by atoms with van der Waals surface area (Å²) in [5.41, 5.74) is 2.14. The van der Waals surface area contributed by atoms with Crippen LogP contribution >= 0.6 is 12.2 Å². The number of para-hydroxylation sites is 1. The molecule has 0 aromatic heterocycles. The Balaban J connectivity index is 0.00000385. The van der Waals surface area contributed by atoms with Gasteiger partial charge >= 0.3 is 0 Å². The molecule has 175 valence electrons. The molecule has 1 amide bonds. The zero-order valence-corrected chi connectivity index (χ0v) is 24.3. The van der Waals surface area contributed by atoms with E-state index in [-0.39, 0.29) is 63.7 Å². The molecule has 0 spiro atoms. The number of hydrogen-bond donors (Lipinski definition) is 2. The monoisotopic (exact) mass is 518 g/mol. The van der Waals surface area contributed by atoms with Crippen LogP contribution in [0.1, 0.15) is 45.6 Å². The van der Waals surface area contributed by atoms with Crippen molar-refractivity contribution in [3.8, 4) is 5.75 Å². The summed E-state index contributed by atoms with van der Waals surface area (Å²) in [6.07, 6.45) is 6.01. The Morgan fingerprint density at radius 1 is 1.24 bits per heavy atom. The van der Waals surface area contributed by atoms with Crippen molar-refractivity contribution in [2.75, 3.05) is 18.4 Å². The zero-order chi connectivity index (χ0) is 23.5. The van der Waals surface area contributed by atoms with Crippen molar-refractivity contribution in [2.45, 2.75) is 51.7 Å². The molecule has 1 saturated heterocycles. The van der Waals surface area contributed by atoms with Crippen molar-refractivity contribution in [1.82, 2.24) is 9.80 Å². The smallest absolute Gasteiger partial charge is 0.276 e. The number of hydrogen-bond acceptors (Lipinski definition) is 6. The predicted molar refractivity (Wildman–Crippen MR) is 134 cm³/mol. The number of nitrogens with zero attached hydrogens (tertiary/aromatic N) is 2. The molecular formula is C22H29KN3O5S2. The van der Waals surface area contributed by atoms with Crippen molar-refractivity contribution < 1.29 is 22.5 Å². The van der Waals surface area contributed by atoms with E-state index in [1.165, 1.54) is 6.92 Å². The Morgan fingerprint density at radius 3 is 2.61 bits per heavy atom. The van der Waals surface area contributed by atoms with Gasteiger partial charge in [-0.05, 0) is 63.0 Å². The van der Waals surface area contributed by atoms with Crippen molar-refractivity contribution >= 4 is 90.4 Å². The second-order valence-electron chi connectivity index (χ2n) is 7.80. The molecule has 0 saturated carbocycles. The summed E-state index contributed by atoms with van der Waals surface area (Å²) < 4.78 is 37.6. The molecular weight excluding hydrogens is 489 g/mol. The van der Waals surface area contributed by atoms with Crippen LogP contribution in [-0.4, -0.2) is 104 Å². The first kappa shape index (κ1) is 28.4. The second-order valence-corrected chi connectivity index (χ2v) is 10.0. The molecule has 0 aliphatic carbocycles. The third kappa shape index (κ3) is 6.66. The Kier molecular flexibility index (Phi) is 10.6. The summed E-state index contributed by atoms with van der Waals surface area (Å²) >= 11 is 5.49. The summed E-state index contributed by atoms with van der Waals surface area (Å²) in [7, 11) is -4.07. The first-order valence-electron chi connectivity index (χ1n) is 10.8. The number of aryl methyl sites for hydroxylation is 1. The molecule has 2 aliphatic heterocycles. The Morgan fingerprint density at radius 2 is 1.97 bits per heavy atom. The van der Waals surface area contributed by atoms with Crippen LogP contribution in [0, 0.1) is 0 Å². The van der Waals surface area contributed by atoms with Crippen LogP contribution in [-0.2, 0) is 21.3 Å². The van der Waals surface area contributed by atoms with E-state index in [0.29, 0.717) is 42.0 Å². The first-order chi connectivity index (χ1) is 15.2. The first-order valence-corrected chi connectivity index (χ1v) is 12.7. The maximum absolute atomic E-state index is 12.9. The number of carbonyl (C=O) groups is 1. The van der Waals surface area contributed by atoms with E-state index in [9.17, 15) is 17.8 Å². The molecule has 3 rings (SSSR count). The van der Waals surface area contributed by atoms with Crippen molar-refractivity contribution in [2.24, 2.45) is 0 Å². The van der Waals surface area contributed by atoms with Crippen LogP contribution in [0.25, 0.3) is 0 Å². The van der Waals surface area contributed by atoms with E-state index >= 15 is 0 Å². The van der Waals surface area contributed by atoms with E-state index < -0.39 is 15.4 Å². The van der Waals surface area contributed by atoms with E-state index in [1.807, 2.05) is 30.0 Å². The molecule has 2 aliphatic rings. The van der Waals surface area contributed by atoms with Gasteiger partial charge in [0.1, 0.15) is 5.70 Å². The summed E-state index contributed by atoms with van der Waals surface area (Å²) in [5.74, 6) is 0.971. The molecule has 2 heterocycles. The van der Waals surface area contributed by atoms with Crippen molar-refractivity contribution in [3.05, 3.63) is 47.5 Å². The fourth-order valence-corrected chi connectivity index (χ4v) is 4.40. The molecule has 1 aromatic rings. The largest absolute Gasteiger partial charge is 0.439 e. The van der Waals surface area contributed by atoms with E-state index in [0.717, 1.165) is 24.1 Å². The molecule has 1 unspecified atom stereocenters. The van der Waals surface area contributed by atoms with Crippen LogP contribution in [0.5, 0.6) is 5.75 Å². The normalized spacial score (nSPS) is 18.9. The van der Waals surface area contributed by atoms with Gasteiger partial charge < -0.3 is 15.0 Å². The number of ether oxygens (including phenoxy) is 1. The van der Waals surface area contributed by atoms with Crippen LogP contribution in [0.15, 0.2) is 41.9 Å². The number of rotatable bonds is 9. The number of unbranched alkanes of at least 4 members (excludes halogenated alkanes) is 1. The fraction of sp³-hybridized carbons (Fsp3) is 0.455. The van der Waals surface area contributed by atoms with Crippen LogP contribution in [0.4, 0.5) is 5.69 Å². The van der Waals surface area contributed by atoms with Gasteiger partial charge in [-0.2, -0.15) is 8.42 Å². The quantitative estimate of drug-likeness (QED) is 0.222. The topological polar surface area (TPSA) is 99.2 Å². The maximum atomic E-state index is 12.9. The number of amides is 1. The average molecular weight is 519 g/mol. The molecule has 8 nitrogen and oxygen atoms in total. The van der Waals surface area contributed by atoms with Gasteiger partial charge in [-0.3, -0.25) is 14.2 Å². The van der Waals surface area contributed by atoms with Gasteiger partial charge in [0.05, 0.1) is 10.9 Å². The van der Waals surface area contributed by atoms with Gasteiger partial charge in [-0.25, -0.2) is 0 Å². The minimum absolute atomic E-state index is 0. The minimum atomic E-state index is -4.07. The van der Waals surface area contributed by atoms with Crippen molar-refractivity contribution in [1.29, 1.82) is 0 Å². The van der Waals surface area contributed by atoms with Gasteiger partial charge in [0.25, 0.3) is 16.0 Å². The Hall–Kier alpha value is -0.794. The number of allylic oxidation sites excluding steroid dienone is 2. The van der Waals surface area contributed by atoms with Gasteiger partial charge in [0.2, 0.25) is 0 Å². The predicted octanol–water partition coefficient (Wildman–Crippen LogP) is 3.29. The molecule has 1 aromatic carbocycles. The average Bonchev–Trinajstić information content (AvgIpc) is 3.26. The molecule has 33 heavy (non-hydrogen) atoms. The molecule has 0 bridgehead atoms. The SMILES string of the molecule is CCCCN1C(=O)C(=CC=C2Nc3c(CCC(C)S(=O)(=O)O)cccc3O2)N(CC)C1=S.[K]. The van der Waals surface area contributed by atoms with Crippen LogP contribution in [0.3, 0.4) is 0 Å². The number of thiocarbonyl (C=S) groups is 1. The maximum Gasteiger partial charge on any atom is 0.276 e. The van der Waals surface area contributed by atoms with E-state index in [4.69, 9.17) is 17.0 Å². The van der Waals surface area contributed by atoms with Gasteiger partial charge in [-0.15, -0.1) is 0 Å². The number of fused-ring (bicyclic) bond motifs is 1. The molecule has 1 atom stereocenters. The zero-order valence-electron chi connectivity index (χ0n) is 19.5. The molecule has 1 radical (unpaired) electrons. The van der Waals surface area contributed by atoms with Crippen molar-refractivity contribution in [3.63, 3.8) is 0 Å².